The quantitative estimate of drug-likeness (QED) is 0.887. The van der Waals surface area contributed by atoms with Crippen molar-refractivity contribution in [2.24, 2.45) is 5.73 Å². The lowest BCUT2D eigenvalue weighted by Crippen LogP contribution is -2.30. The smallest absolute Gasteiger partial charge is 0.255 e. The van der Waals surface area contributed by atoms with E-state index in [1.807, 2.05) is 30.5 Å². The van der Waals surface area contributed by atoms with Gasteiger partial charge in [-0.2, -0.15) is 0 Å². The molecule has 0 saturated heterocycles. The number of aromatic nitrogens is 2. The Balaban J connectivity index is 1.64. The molecule has 2 heterocycles. The predicted octanol–water partition coefficient (Wildman–Crippen LogP) is 0.899. The van der Waals surface area contributed by atoms with Gasteiger partial charge in [-0.1, -0.05) is 12.1 Å². The number of fused-ring (bicyclic) bond motifs is 1. The first-order chi connectivity index (χ1) is 10.7. The predicted molar refractivity (Wildman–Crippen MR) is 81.0 cm³/mol. The first kappa shape index (κ1) is 14.5. The van der Waals surface area contributed by atoms with Crippen molar-refractivity contribution in [2.75, 3.05) is 13.2 Å². The summed E-state index contributed by atoms with van der Waals surface area (Å²) in [5.41, 5.74) is 8.56. The van der Waals surface area contributed by atoms with Crippen LogP contribution in [-0.4, -0.2) is 33.9 Å². The summed E-state index contributed by atoms with van der Waals surface area (Å²) in [6, 6.07) is 7.74. The zero-order valence-corrected chi connectivity index (χ0v) is 12.2. The number of amides is 1. The Labute approximate surface area is 128 Å². The maximum atomic E-state index is 10.8. The molecule has 2 aromatic rings. The minimum Gasteiger partial charge on any atom is -0.484 e. The van der Waals surface area contributed by atoms with E-state index in [0.29, 0.717) is 5.75 Å². The molecule has 22 heavy (non-hydrogen) atoms. The fourth-order valence-corrected chi connectivity index (χ4v) is 2.59. The van der Waals surface area contributed by atoms with E-state index in [1.165, 1.54) is 5.56 Å². The number of carbonyl (C=O) groups is 1. The standard InChI is InChI=1S/C16H18N4O2/c17-16(21)10-22-14-3-1-2-12(6-14)8-20-5-4-13-7-18-11-19-15(13)9-20/h1-3,6-7,11H,4-5,8-10H2,(H2,17,21). The van der Waals surface area contributed by atoms with Crippen molar-refractivity contribution in [2.45, 2.75) is 19.5 Å². The van der Waals surface area contributed by atoms with Crippen LogP contribution >= 0.6 is 0 Å². The summed E-state index contributed by atoms with van der Waals surface area (Å²) in [4.78, 5) is 21.5. The maximum Gasteiger partial charge on any atom is 0.255 e. The molecule has 0 fully saturated rings. The van der Waals surface area contributed by atoms with Crippen molar-refractivity contribution in [1.82, 2.24) is 14.9 Å². The first-order valence-corrected chi connectivity index (χ1v) is 7.21. The minimum atomic E-state index is -0.474. The van der Waals surface area contributed by atoms with Crippen LogP contribution in [-0.2, 0) is 24.3 Å². The second-order valence-electron chi connectivity index (χ2n) is 5.36. The molecule has 1 aliphatic rings. The average Bonchev–Trinajstić information content (AvgIpc) is 2.53. The molecule has 1 aromatic carbocycles. The topological polar surface area (TPSA) is 81.3 Å². The molecule has 0 unspecified atom stereocenters. The van der Waals surface area contributed by atoms with Crippen LogP contribution in [0.1, 0.15) is 16.8 Å². The molecule has 1 aliphatic heterocycles. The molecule has 0 atom stereocenters. The molecule has 3 rings (SSSR count). The summed E-state index contributed by atoms with van der Waals surface area (Å²) in [6.45, 7) is 2.52. The van der Waals surface area contributed by atoms with Gasteiger partial charge in [0.25, 0.3) is 5.91 Å². The molecule has 1 aromatic heterocycles. The zero-order chi connectivity index (χ0) is 15.4. The van der Waals surface area contributed by atoms with Crippen LogP contribution in [0.3, 0.4) is 0 Å². The van der Waals surface area contributed by atoms with Crippen molar-refractivity contribution < 1.29 is 9.53 Å². The molecular weight excluding hydrogens is 280 g/mol. The Hall–Kier alpha value is -2.47. The van der Waals surface area contributed by atoms with Crippen LogP contribution in [0.2, 0.25) is 0 Å². The molecule has 6 nitrogen and oxygen atoms in total. The molecule has 1 amide bonds. The second kappa shape index (κ2) is 6.53. The molecule has 0 spiro atoms. The Kier molecular flexibility index (Phi) is 4.29. The van der Waals surface area contributed by atoms with E-state index in [9.17, 15) is 4.79 Å². The third-order valence-electron chi connectivity index (χ3n) is 3.64. The summed E-state index contributed by atoms with van der Waals surface area (Å²) < 4.78 is 5.34. The van der Waals surface area contributed by atoms with Crippen molar-refractivity contribution in [3.05, 3.63) is 53.6 Å². The van der Waals surface area contributed by atoms with Crippen LogP contribution in [0.15, 0.2) is 36.8 Å². The zero-order valence-electron chi connectivity index (χ0n) is 12.2. The average molecular weight is 298 g/mol. The van der Waals surface area contributed by atoms with Crippen molar-refractivity contribution >= 4 is 5.91 Å². The summed E-state index contributed by atoms with van der Waals surface area (Å²) in [5, 5.41) is 0. The van der Waals surface area contributed by atoms with Crippen LogP contribution in [0.4, 0.5) is 0 Å². The Morgan fingerprint density at radius 2 is 2.32 bits per heavy atom. The Morgan fingerprint density at radius 3 is 3.18 bits per heavy atom. The molecular formula is C16H18N4O2. The van der Waals surface area contributed by atoms with Crippen molar-refractivity contribution in [3.63, 3.8) is 0 Å². The van der Waals surface area contributed by atoms with E-state index in [4.69, 9.17) is 10.5 Å². The lowest BCUT2D eigenvalue weighted by molar-refractivity contribution is -0.119. The van der Waals surface area contributed by atoms with Crippen LogP contribution < -0.4 is 10.5 Å². The van der Waals surface area contributed by atoms with Gasteiger partial charge in [-0.25, -0.2) is 9.97 Å². The lowest BCUT2D eigenvalue weighted by atomic mass is 10.1. The third kappa shape index (κ3) is 3.59. The molecule has 0 bridgehead atoms. The van der Waals surface area contributed by atoms with Gasteiger partial charge < -0.3 is 10.5 Å². The SMILES string of the molecule is NC(=O)COc1cccc(CN2CCc3cncnc3C2)c1. The largest absolute Gasteiger partial charge is 0.484 e. The molecule has 114 valence electrons. The van der Waals surface area contributed by atoms with E-state index in [1.54, 1.807) is 6.33 Å². The fourth-order valence-electron chi connectivity index (χ4n) is 2.59. The highest BCUT2D eigenvalue weighted by Gasteiger charge is 2.17. The monoisotopic (exact) mass is 298 g/mol. The number of rotatable bonds is 5. The van der Waals surface area contributed by atoms with Crippen LogP contribution in [0.25, 0.3) is 0 Å². The summed E-state index contributed by atoms with van der Waals surface area (Å²) >= 11 is 0. The number of ether oxygens (including phenoxy) is 1. The normalized spacial score (nSPS) is 14.4. The summed E-state index contributed by atoms with van der Waals surface area (Å²) in [5.74, 6) is 0.189. The van der Waals surface area contributed by atoms with Crippen molar-refractivity contribution in [1.29, 1.82) is 0 Å². The molecule has 6 heteroatoms. The van der Waals surface area contributed by atoms with Crippen molar-refractivity contribution in [3.8, 4) is 5.75 Å². The van der Waals surface area contributed by atoms with Gasteiger partial charge in [0.1, 0.15) is 12.1 Å². The highest BCUT2D eigenvalue weighted by molar-refractivity contribution is 5.75. The summed E-state index contributed by atoms with van der Waals surface area (Å²) in [6.07, 6.45) is 4.46. The van der Waals surface area contributed by atoms with E-state index in [0.717, 1.165) is 37.3 Å². The van der Waals surface area contributed by atoms with Crippen LogP contribution in [0, 0.1) is 0 Å². The molecule has 0 radical (unpaired) electrons. The van der Waals surface area contributed by atoms with Gasteiger partial charge in [-0.3, -0.25) is 9.69 Å². The highest BCUT2D eigenvalue weighted by Crippen LogP contribution is 2.20. The maximum absolute atomic E-state index is 10.8. The number of carbonyl (C=O) groups excluding carboxylic acids is 1. The lowest BCUT2D eigenvalue weighted by Gasteiger charge is -2.27. The van der Waals surface area contributed by atoms with Gasteiger partial charge in [0.15, 0.2) is 6.61 Å². The second-order valence-corrected chi connectivity index (χ2v) is 5.36. The minimum absolute atomic E-state index is 0.0997. The van der Waals surface area contributed by atoms with E-state index >= 15 is 0 Å². The number of hydrogen-bond acceptors (Lipinski definition) is 5. The third-order valence-corrected chi connectivity index (χ3v) is 3.64. The number of benzene rings is 1. The fraction of sp³-hybridized carbons (Fsp3) is 0.312. The van der Waals surface area contributed by atoms with E-state index in [-0.39, 0.29) is 6.61 Å². The van der Waals surface area contributed by atoms with Gasteiger partial charge >= 0.3 is 0 Å². The highest BCUT2D eigenvalue weighted by atomic mass is 16.5. The summed E-state index contributed by atoms with van der Waals surface area (Å²) in [7, 11) is 0. The molecule has 0 saturated carbocycles. The Morgan fingerprint density at radius 1 is 1.41 bits per heavy atom. The van der Waals surface area contributed by atoms with E-state index < -0.39 is 5.91 Å². The number of primary amides is 1. The van der Waals surface area contributed by atoms with Crippen LogP contribution in [0.5, 0.6) is 5.75 Å². The number of hydrogen-bond donors (Lipinski definition) is 1. The van der Waals surface area contributed by atoms with Gasteiger partial charge in [0, 0.05) is 25.8 Å². The van der Waals surface area contributed by atoms with Gasteiger partial charge in [0.05, 0.1) is 5.69 Å². The van der Waals surface area contributed by atoms with Gasteiger partial charge in [-0.05, 0) is 29.7 Å². The van der Waals surface area contributed by atoms with E-state index in [2.05, 4.69) is 14.9 Å². The Bertz CT molecular complexity index is 675. The van der Waals surface area contributed by atoms with Gasteiger partial charge in [0.2, 0.25) is 0 Å². The van der Waals surface area contributed by atoms with Gasteiger partial charge in [-0.15, -0.1) is 0 Å². The molecule has 0 aliphatic carbocycles. The number of nitrogens with zero attached hydrogens (tertiary/aromatic N) is 3. The first-order valence-electron chi connectivity index (χ1n) is 7.21. The number of nitrogens with two attached hydrogens (primary N) is 1. The molecule has 2 N–H and O–H groups in total.